The quantitative estimate of drug-likeness (QED) is 0.910. The monoisotopic (exact) mass is 250 g/mol. The van der Waals surface area contributed by atoms with E-state index >= 15 is 0 Å². The Balaban J connectivity index is 2.17. The second kappa shape index (κ2) is 4.90. The number of rotatable bonds is 3. The van der Waals surface area contributed by atoms with Gasteiger partial charge in [-0.15, -0.1) is 0 Å². The molecule has 17 heavy (non-hydrogen) atoms. The van der Waals surface area contributed by atoms with Crippen molar-refractivity contribution in [3.63, 3.8) is 0 Å². The Morgan fingerprint density at radius 1 is 1.47 bits per heavy atom. The van der Waals surface area contributed by atoms with Crippen LogP contribution >= 0.6 is 11.6 Å². The predicted octanol–water partition coefficient (Wildman–Crippen LogP) is 2.66. The normalized spacial score (nSPS) is 12.7. The summed E-state index contributed by atoms with van der Waals surface area (Å²) in [4.78, 5) is 0. The standard InChI is InChI=1S/C13H15ClN2O/c1-9-5-11(14)3-4-12(9)13(17)6-10-7-15-16(2)8-10/h3-5,7-8,13,17H,6H2,1-2H3. The molecule has 0 radical (unpaired) electrons. The van der Waals surface area contributed by atoms with Gasteiger partial charge in [-0.2, -0.15) is 5.10 Å². The van der Waals surface area contributed by atoms with Crippen LogP contribution in [0.4, 0.5) is 0 Å². The maximum Gasteiger partial charge on any atom is 0.0834 e. The molecule has 1 atom stereocenters. The smallest absolute Gasteiger partial charge is 0.0834 e. The van der Waals surface area contributed by atoms with Gasteiger partial charge in [0.2, 0.25) is 0 Å². The first-order valence-electron chi connectivity index (χ1n) is 5.48. The van der Waals surface area contributed by atoms with Crippen molar-refractivity contribution >= 4 is 11.6 Å². The van der Waals surface area contributed by atoms with Crippen LogP contribution in [0.5, 0.6) is 0 Å². The number of hydrogen-bond acceptors (Lipinski definition) is 2. The molecule has 0 aliphatic carbocycles. The lowest BCUT2D eigenvalue weighted by atomic mass is 9.99. The van der Waals surface area contributed by atoms with Gasteiger partial charge in [-0.3, -0.25) is 4.68 Å². The van der Waals surface area contributed by atoms with Crippen LogP contribution in [-0.2, 0) is 13.5 Å². The minimum atomic E-state index is -0.517. The molecule has 0 bridgehead atoms. The highest BCUT2D eigenvalue weighted by Gasteiger charge is 2.12. The van der Waals surface area contributed by atoms with E-state index in [4.69, 9.17) is 11.6 Å². The molecule has 2 aromatic rings. The van der Waals surface area contributed by atoms with Gasteiger partial charge < -0.3 is 5.11 Å². The Morgan fingerprint density at radius 3 is 2.82 bits per heavy atom. The second-order valence-electron chi connectivity index (χ2n) is 4.24. The van der Waals surface area contributed by atoms with Crippen molar-refractivity contribution in [1.82, 2.24) is 9.78 Å². The van der Waals surface area contributed by atoms with Crippen LogP contribution in [0.15, 0.2) is 30.6 Å². The third-order valence-electron chi connectivity index (χ3n) is 2.78. The van der Waals surface area contributed by atoms with Gasteiger partial charge in [0, 0.05) is 24.7 Å². The molecule has 2 rings (SSSR count). The Labute approximate surface area is 106 Å². The van der Waals surface area contributed by atoms with Crippen LogP contribution in [0, 0.1) is 6.92 Å². The van der Waals surface area contributed by atoms with Crippen LogP contribution in [0.3, 0.4) is 0 Å². The summed E-state index contributed by atoms with van der Waals surface area (Å²) in [5.41, 5.74) is 2.95. The Kier molecular flexibility index (Phi) is 3.50. The van der Waals surface area contributed by atoms with Crippen molar-refractivity contribution in [3.05, 3.63) is 52.3 Å². The molecule has 1 unspecified atom stereocenters. The van der Waals surface area contributed by atoms with E-state index in [2.05, 4.69) is 5.10 Å². The molecule has 0 aliphatic rings. The van der Waals surface area contributed by atoms with Gasteiger partial charge in [0.05, 0.1) is 12.3 Å². The van der Waals surface area contributed by atoms with E-state index in [9.17, 15) is 5.11 Å². The molecule has 1 heterocycles. The van der Waals surface area contributed by atoms with Crippen LogP contribution in [0.2, 0.25) is 5.02 Å². The second-order valence-corrected chi connectivity index (χ2v) is 4.68. The van der Waals surface area contributed by atoms with Gasteiger partial charge in [0.1, 0.15) is 0 Å². The number of nitrogens with zero attached hydrogens (tertiary/aromatic N) is 2. The maximum atomic E-state index is 10.2. The maximum absolute atomic E-state index is 10.2. The molecule has 90 valence electrons. The molecule has 0 saturated carbocycles. The summed E-state index contributed by atoms with van der Waals surface area (Å²) in [6, 6.07) is 5.54. The third-order valence-corrected chi connectivity index (χ3v) is 3.01. The lowest BCUT2D eigenvalue weighted by molar-refractivity contribution is 0.177. The fraction of sp³-hybridized carbons (Fsp3) is 0.308. The number of benzene rings is 1. The van der Waals surface area contributed by atoms with Crippen molar-refractivity contribution in [1.29, 1.82) is 0 Å². The van der Waals surface area contributed by atoms with Crippen molar-refractivity contribution in [2.75, 3.05) is 0 Å². The zero-order valence-electron chi connectivity index (χ0n) is 9.89. The SMILES string of the molecule is Cc1cc(Cl)ccc1C(O)Cc1cnn(C)c1. The van der Waals surface area contributed by atoms with Crippen LogP contribution < -0.4 is 0 Å². The van der Waals surface area contributed by atoms with Crippen molar-refractivity contribution in [2.45, 2.75) is 19.4 Å². The summed E-state index contributed by atoms with van der Waals surface area (Å²) in [7, 11) is 1.86. The number of aromatic nitrogens is 2. The van der Waals surface area contributed by atoms with E-state index in [1.165, 1.54) is 0 Å². The lowest BCUT2D eigenvalue weighted by Crippen LogP contribution is -2.03. The van der Waals surface area contributed by atoms with Crippen molar-refractivity contribution < 1.29 is 5.11 Å². The topological polar surface area (TPSA) is 38.1 Å². The molecule has 0 amide bonds. The van der Waals surface area contributed by atoms with Crippen LogP contribution in [0.1, 0.15) is 22.8 Å². The molecule has 4 heteroatoms. The summed E-state index contributed by atoms with van der Waals surface area (Å²) >= 11 is 5.89. The predicted molar refractivity (Wildman–Crippen MR) is 68.1 cm³/mol. The average molecular weight is 251 g/mol. The molecule has 0 fully saturated rings. The molecular formula is C13H15ClN2O. The zero-order chi connectivity index (χ0) is 12.4. The zero-order valence-corrected chi connectivity index (χ0v) is 10.6. The van der Waals surface area contributed by atoms with Crippen LogP contribution in [0.25, 0.3) is 0 Å². The van der Waals surface area contributed by atoms with Crippen molar-refractivity contribution in [3.8, 4) is 0 Å². The minimum absolute atomic E-state index is 0.517. The molecule has 3 nitrogen and oxygen atoms in total. The van der Waals surface area contributed by atoms with E-state index in [0.29, 0.717) is 11.4 Å². The summed E-state index contributed by atoms with van der Waals surface area (Å²) in [6.07, 6.45) is 3.73. The van der Waals surface area contributed by atoms with Gasteiger partial charge in [-0.25, -0.2) is 0 Å². The van der Waals surface area contributed by atoms with Gasteiger partial charge in [-0.05, 0) is 35.7 Å². The molecule has 1 N–H and O–H groups in total. The molecule has 1 aromatic carbocycles. The molecular weight excluding hydrogens is 236 g/mol. The number of hydrogen-bond donors (Lipinski definition) is 1. The van der Waals surface area contributed by atoms with Gasteiger partial charge in [0.15, 0.2) is 0 Å². The minimum Gasteiger partial charge on any atom is -0.388 e. The fourth-order valence-electron chi connectivity index (χ4n) is 1.92. The first-order valence-corrected chi connectivity index (χ1v) is 5.85. The van der Waals surface area contributed by atoms with E-state index in [1.807, 2.05) is 32.3 Å². The number of aryl methyl sites for hydroxylation is 2. The first-order chi connectivity index (χ1) is 8.06. The lowest BCUT2D eigenvalue weighted by Gasteiger charge is -2.13. The van der Waals surface area contributed by atoms with E-state index in [-0.39, 0.29) is 0 Å². The highest BCUT2D eigenvalue weighted by atomic mass is 35.5. The summed E-state index contributed by atoms with van der Waals surface area (Å²) < 4.78 is 1.73. The molecule has 0 saturated heterocycles. The summed E-state index contributed by atoms with van der Waals surface area (Å²) in [6.45, 7) is 1.95. The highest BCUT2D eigenvalue weighted by molar-refractivity contribution is 6.30. The van der Waals surface area contributed by atoms with Gasteiger partial charge in [-0.1, -0.05) is 17.7 Å². The first kappa shape index (κ1) is 12.1. The van der Waals surface area contributed by atoms with E-state index in [1.54, 1.807) is 16.9 Å². The third kappa shape index (κ3) is 2.87. The highest BCUT2D eigenvalue weighted by Crippen LogP contribution is 2.24. The Bertz CT molecular complexity index is 522. The van der Waals surface area contributed by atoms with Crippen LogP contribution in [-0.4, -0.2) is 14.9 Å². The summed E-state index contributed by atoms with van der Waals surface area (Å²) in [5, 5.41) is 15.0. The van der Waals surface area contributed by atoms with Crippen molar-refractivity contribution in [2.24, 2.45) is 7.05 Å². The molecule has 0 aliphatic heterocycles. The van der Waals surface area contributed by atoms with Gasteiger partial charge >= 0.3 is 0 Å². The largest absolute Gasteiger partial charge is 0.388 e. The van der Waals surface area contributed by atoms with E-state index in [0.717, 1.165) is 16.7 Å². The number of halogens is 1. The number of aliphatic hydroxyl groups is 1. The van der Waals surface area contributed by atoms with E-state index < -0.39 is 6.10 Å². The molecule has 0 spiro atoms. The Hall–Kier alpha value is -1.32. The summed E-state index contributed by atoms with van der Waals surface area (Å²) in [5.74, 6) is 0. The fourth-order valence-corrected chi connectivity index (χ4v) is 2.15. The number of aliphatic hydroxyl groups excluding tert-OH is 1. The Morgan fingerprint density at radius 2 is 2.24 bits per heavy atom. The van der Waals surface area contributed by atoms with Gasteiger partial charge in [0.25, 0.3) is 0 Å². The molecule has 1 aromatic heterocycles. The average Bonchev–Trinajstić information content (AvgIpc) is 2.63.